The summed E-state index contributed by atoms with van der Waals surface area (Å²) < 4.78 is 35.5. The summed E-state index contributed by atoms with van der Waals surface area (Å²) in [5, 5.41) is 11.6. The molecule has 33 heavy (non-hydrogen) atoms. The van der Waals surface area contributed by atoms with Gasteiger partial charge in [0.15, 0.2) is 5.82 Å². The highest BCUT2D eigenvalue weighted by Gasteiger charge is 2.34. The molecule has 1 amide bonds. The summed E-state index contributed by atoms with van der Waals surface area (Å²) in [5.74, 6) is -2.79. The molecule has 0 aliphatic carbocycles. The highest BCUT2D eigenvalue weighted by atomic mass is 32.1. The van der Waals surface area contributed by atoms with Crippen LogP contribution in [0.25, 0.3) is 11.3 Å². The van der Waals surface area contributed by atoms with Crippen molar-refractivity contribution in [1.29, 1.82) is 4.78 Å². The summed E-state index contributed by atoms with van der Waals surface area (Å²) in [6.07, 6.45) is -0.168. The number of thiol groups is 1. The predicted molar refractivity (Wildman–Crippen MR) is 127 cm³/mol. The Bertz CT molecular complexity index is 1170. The molecule has 2 aromatic carbocycles. The molecule has 0 bridgehead atoms. The van der Waals surface area contributed by atoms with Gasteiger partial charge in [0.2, 0.25) is 5.92 Å². The molecular formula is C24H25F2N5OS. The molecule has 1 aromatic heterocycles. The minimum atomic E-state index is -2.72. The van der Waals surface area contributed by atoms with Crippen molar-refractivity contribution in [3.05, 3.63) is 65.7 Å². The first-order valence-corrected chi connectivity index (χ1v) is 11.6. The highest BCUT2D eigenvalue weighted by Crippen LogP contribution is 2.33. The number of carbonyl (C=O) groups excluding carboxylic acids is 1. The first-order chi connectivity index (χ1) is 15.9. The lowest BCUT2D eigenvalue weighted by molar-refractivity contribution is -0.0102. The van der Waals surface area contributed by atoms with Gasteiger partial charge in [-0.05, 0) is 37.1 Å². The number of hydrogen-bond donors (Lipinski definition) is 3. The van der Waals surface area contributed by atoms with Crippen LogP contribution in [0.4, 0.5) is 20.3 Å². The predicted octanol–water partition coefficient (Wildman–Crippen LogP) is 5.27. The van der Waals surface area contributed by atoms with E-state index in [-0.39, 0.29) is 25.3 Å². The lowest BCUT2D eigenvalue weighted by atomic mass is 10.0. The first-order valence-electron chi connectivity index (χ1n) is 10.7. The van der Waals surface area contributed by atoms with Crippen molar-refractivity contribution in [1.82, 2.24) is 10.2 Å². The smallest absolute Gasteiger partial charge is 0.259 e. The third-order valence-corrected chi connectivity index (χ3v) is 6.26. The average molecular weight is 470 g/mol. The van der Waals surface area contributed by atoms with Gasteiger partial charge in [-0.1, -0.05) is 48.0 Å². The van der Waals surface area contributed by atoms with E-state index in [4.69, 9.17) is 4.78 Å². The summed E-state index contributed by atoms with van der Waals surface area (Å²) in [6, 6.07) is 16.5. The zero-order valence-electron chi connectivity index (χ0n) is 18.2. The number of anilines is 2. The van der Waals surface area contributed by atoms with Gasteiger partial charge in [-0.15, -0.1) is 10.2 Å². The van der Waals surface area contributed by atoms with E-state index >= 15 is 0 Å². The van der Waals surface area contributed by atoms with E-state index in [1.165, 1.54) is 0 Å². The minimum absolute atomic E-state index is 0.0965. The second-order valence-corrected chi connectivity index (χ2v) is 8.79. The van der Waals surface area contributed by atoms with E-state index in [9.17, 15) is 13.6 Å². The normalized spacial score (nSPS) is 15.7. The first kappa shape index (κ1) is 23.0. The van der Waals surface area contributed by atoms with E-state index in [1.54, 1.807) is 36.1 Å². The summed E-state index contributed by atoms with van der Waals surface area (Å²) in [5.41, 5.74) is 2.91. The SMILES string of the molecule is Cc1c(-c2ccccc2)nnc(N2CCCC(F)(F)CC2)c1C(=O)Nc1cccc([SH]=N)c1. The van der Waals surface area contributed by atoms with Crippen LogP contribution in [-0.2, 0) is 11.6 Å². The van der Waals surface area contributed by atoms with Gasteiger partial charge in [0, 0.05) is 42.1 Å². The maximum atomic E-state index is 14.0. The lowest BCUT2D eigenvalue weighted by Gasteiger charge is -2.25. The highest BCUT2D eigenvalue weighted by molar-refractivity contribution is 7.66. The Labute approximate surface area is 195 Å². The van der Waals surface area contributed by atoms with Crippen LogP contribution in [0, 0.1) is 11.7 Å². The molecule has 9 heteroatoms. The number of carbonyl (C=O) groups is 1. The van der Waals surface area contributed by atoms with Crippen LogP contribution >= 0.6 is 0 Å². The number of alkyl halides is 2. The van der Waals surface area contributed by atoms with Crippen molar-refractivity contribution in [2.75, 3.05) is 23.3 Å². The van der Waals surface area contributed by atoms with Crippen LogP contribution in [0.1, 0.15) is 35.2 Å². The van der Waals surface area contributed by atoms with Crippen molar-refractivity contribution in [2.24, 2.45) is 0 Å². The van der Waals surface area contributed by atoms with Gasteiger partial charge >= 0.3 is 0 Å². The number of hydrogen-bond acceptors (Lipinski definition) is 5. The van der Waals surface area contributed by atoms with Crippen molar-refractivity contribution < 1.29 is 13.6 Å². The Morgan fingerprint density at radius 2 is 1.88 bits per heavy atom. The van der Waals surface area contributed by atoms with Crippen LogP contribution in [0.2, 0.25) is 0 Å². The molecule has 1 fully saturated rings. The lowest BCUT2D eigenvalue weighted by Crippen LogP contribution is -2.30. The van der Waals surface area contributed by atoms with Crippen LogP contribution in [-0.4, -0.2) is 35.1 Å². The molecule has 3 aromatic rings. The third-order valence-electron chi connectivity index (χ3n) is 5.72. The number of halogens is 2. The van der Waals surface area contributed by atoms with E-state index in [1.807, 2.05) is 30.3 Å². The minimum Gasteiger partial charge on any atom is -0.354 e. The molecule has 2 heterocycles. The number of nitrogens with zero attached hydrogens (tertiary/aromatic N) is 3. The van der Waals surface area contributed by atoms with Gasteiger partial charge < -0.3 is 10.2 Å². The molecule has 0 radical (unpaired) electrons. The van der Waals surface area contributed by atoms with Gasteiger partial charge in [-0.25, -0.2) is 8.78 Å². The zero-order valence-corrected chi connectivity index (χ0v) is 19.1. The monoisotopic (exact) mass is 469 g/mol. The molecule has 1 aliphatic rings. The van der Waals surface area contributed by atoms with E-state index in [2.05, 4.69) is 15.5 Å². The van der Waals surface area contributed by atoms with E-state index < -0.39 is 5.92 Å². The van der Waals surface area contributed by atoms with Gasteiger partial charge in [-0.2, -0.15) is 0 Å². The molecule has 6 nitrogen and oxygen atoms in total. The van der Waals surface area contributed by atoms with E-state index in [0.29, 0.717) is 52.8 Å². The second-order valence-electron chi connectivity index (χ2n) is 8.05. The molecule has 1 saturated heterocycles. The maximum Gasteiger partial charge on any atom is 0.259 e. The standard InChI is InChI=1S/C24H25F2N5OS/c1-16-20(23(32)28-18-9-5-10-19(15-18)33-27)22(31-13-6-11-24(25,26)12-14-31)30-29-21(16)17-7-3-2-4-8-17/h2-5,7-10,15,27,33H,6,11-14H2,1H3,(H,28,32). The number of amides is 1. The zero-order chi connectivity index (χ0) is 23.4. The fourth-order valence-corrected chi connectivity index (χ4v) is 4.36. The van der Waals surface area contributed by atoms with Crippen molar-refractivity contribution in [3.63, 3.8) is 0 Å². The Hall–Kier alpha value is -3.20. The van der Waals surface area contributed by atoms with Gasteiger partial charge in [-0.3, -0.25) is 9.57 Å². The molecule has 172 valence electrons. The van der Waals surface area contributed by atoms with Crippen LogP contribution in [0.5, 0.6) is 0 Å². The summed E-state index contributed by atoms with van der Waals surface area (Å²) in [7, 11) is 0. The molecule has 1 aliphatic heterocycles. The quantitative estimate of drug-likeness (QED) is 0.445. The number of rotatable bonds is 5. The van der Waals surface area contributed by atoms with Crippen molar-refractivity contribution in [3.8, 4) is 11.3 Å². The Morgan fingerprint density at radius 1 is 1.09 bits per heavy atom. The fourth-order valence-electron chi connectivity index (χ4n) is 3.99. The molecule has 0 saturated carbocycles. The van der Waals surface area contributed by atoms with Crippen LogP contribution in [0.3, 0.4) is 0 Å². The number of benzene rings is 2. The Morgan fingerprint density at radius 3 is 2.64 bits per heavy atom. The van der Waals surface area contributed by atoms with Crippen LogP contribution < -0.4 is 10.2 Å². The number of nitrogens with one attached hydrogen (secondary N) is 2. The van der Waals surface area contributed by atoms with Gasteiger partial charge in [0.1, 0.15) is 0 Å². The summed E-state index contributed by atoms with van der Waals surface area (Å²) in [6.45, 7) is 2.28. The average Bonchev–Trinajstić information content (AvgIpc) is 2.99. The fraction of sp³-hybridized carbons (Fsp3) is 0.292. The molecule has 4 rings (SSSR count). The van der Waals surface area contributed by atoms with Crippen molar-refractivity contribution >= 4 is 29.0 Å². The Kier molecular flexibility index (Phi) is 6.78. The number of aromatic nitrogens is 2. The van der Waals surface area contributed by atoms with Gasteiger partial charge in [0.25, 0.3) is 5.91 Å². The van der Waals surface area contributed by atoms with Crippen molar-refractivity contribution in [2.45, 2.75) is 37.0 Å². The Balaban J connectivity index is 1.77. The second kappa shape index (κ2) is 9.74. The van der Waals surface area contributed by atoms with Gasteiger partial charge in [0.05, 0.1) is 11.3 Å². The third kappa shape index (κ3) is 5.24. The topological polar surface area (TPSA) is 82.0 Å². The maximum absolute atomic E-state index is 14.0. The van der Waals surface area contributed by atoms with Crippen LogP contribution in [0.15, 0.2) is 59.5 Å². The molecule has 2 N–H and O–H groups in total. The summed E-state index contributed by atoms with van der Waals surface area (Å²) in [4.78, 5) is 16.0. The molecule has 0 atom stereocenters. The molecular weight excluding hydrogens is 444 g/mol. The largest absolute Gasteiger partial charge is 0.354 e. The molecule has 0 unspecified atom stereocenters. The molecule has 0 spiro atoms. The van der Waals surface area contributed by atoms with E-state index in [0.717, 1.165) is 10.5 Å². The summed E-state index contributed by atoms with van der Waals surface area (Å²) >= 11 is 0.346.